The summed E-state index contributed by atoms with van der Waals surface area (Å²) in [5.41, 5.74) is 0. The normalized spacial score (nSPS) is 6.00. The monoisotopic (exact) mass is 120 g/mol. The van der Waals surface area contributed by atoms with Gasteiger partial charge in [-0.15, -0.1) is 0 Å². The zero-order valence-electron chi connectivity index (χ0n) is 2.69. The van der Waals surface area contributed by atoms with E-state index in [1.807, 2.05) is 0 Å². The van der Waals surface area contributed by atoms with Gasteiger partial charge >= 0.3 is 33.5 Å². The van der Waals surface area contributed by atoms with Gasteiger partial charge in [-0.3, -0.25) is 0 Å². The second-order valence-corrected chi connectivity index (χ2v) is 1.39. The second-order valence-electron chi connectivity index (χ2n) is 0.402. The zero-order valence-corrected chi connectivity index (χ0v) is 6.89. The molecule has 0 unspecified atom stereocenters. The molecule has 0 aliphatic heterocycles. The van der Waals surface area contributed by atoms with E-state index in [1.54, 1.807) is 0 Å². The van der Waals surface area contributed by atoms with E-state index in [4.69, 9.17) is 0 Å². The number of rotatable bonds is 1. The van der Waals surface area contributed by atoms with Crippen molar-refractivity contribution in [3.05, 3.63) is 12.8 Å². The Hall–Kier alpha value is 0.0829. The molecule has 0 atom stereocenters. The molecule has 0 aliphatic rings. The first-order valence-corrected chi connectivity index (χ1v) is 2.77. The summed E-state index contributed by atoms with van der Waals surface area (Å²) in [4.78, 5) is 0. The molecule has 0 radical (unpaired) electrons. The van der Waals surface area contributed by atoms with E-state index in [9.17, 15) is 0 Å². The molecule has 0 saturated heterocycles. The first kappa shape index (κ1) is 4.08. The molecule has 0 rings (SSSR count). The molecule has 2 heteroatoms. The SMILES string of the molecule is C=C[O][GeH3]. The van der Waals surface area contributed by atoms with Gasteiger partial charge in [0.2, 0.25) is 0 Å². The molecule has 0 aromatic heterocycles. The van der Waals surface area contributed by atoms with Gasteiger partial charge in [-0.1, -0.05) is 0 Å². The molecule has 0 fully saturated rings. The summed E-state index contributed by atoms with van der Waals surface area (Å²) in [6, 6.07) is 0. The van der Waals surface area contributed by atoms with Crippen LogP contribution >= 0.6 is 0 Å². The summed E-state index contributed by atoms with van der Waals surface area (Å²) in [6.07, 6.45) is 1.46. The Morgan fingerprint density at radius 3 is 2.25 bits per heavy atom. The van der Waals surface area contributed by atoms with E-state index in [-0.39, 0.29) is 0 Å². The molecule has 0 amide bonds. The molecular formula is C2H6GeO. The third-order valence-electron chi connectivity index (χ3n) is 0.167. The van der Waals surface area contributed by atoms with Crippen LogP contribution in [0.25, 0.3) is 0 Å². The van der Waals surface area contributed by atoms with E-state index >= 15 is 0 Å². The molecule has 0 heterocycles. The fourth-order valence-corrected chi connectivity index (χ4v) is 0. The molecular weight excluding hydrogens is 113 g/mol. The molecule has 0 aromatic rings. The predicted molar refractivity (Wildman–Crippen MR) is 21.2 cm³/mol. The van der Waals surface area contributed by atoms with Crippen molar-refractivity contribution in [2.75, 3.05) is 0 Å². The van der Waals surface area contributed by atoms with Crippen molar-refractivity contribution in [2.45, 2.75) is 0 Å². The number of hydrogen-bond donors (Lipinski definition) is 0. The Morgan fingerprint density at radius 2 is 2.25 bits per heavy atom. The van der Waals surface area contributed by atoms with Crippen LogP contribution in [0.15, 0.2) is 12.8 Å². The van der Waals surface area contributed by atoms with Crippen LogP contribution in [-0.2, 0) is 3.76 Å². The summed E-state index contributed by atoms with van der Waals surface area (Å²) in [6.45, 7) is 3.30. The van der Waals surface area contributed by atoms with Crippen molar-refractivity contribution in [2.24, 2.45) is 0 Å². The van der Waals surface area contributed by atoms with Crippen LogP contribution in [0.5, 0.6) is 0 Å². The Bertz CT molecular complexity index is 20.0. The van der Waals surface area contributed by atoms with Crippen LogP contribution in [0.2, 0.25) is 0 Å². The minimum absolute atomic E-state index is 0.495. The molecule has 0 spiro atoms. The topological polar surface area (TPSA) is 9.23 Å². The maximum absolute atomic E-state index is 4.49. The zero-order chi connectivity index (χ0) is 3.41. The molecule has 1 nitrogen and oxygen atoms in total. The quantitative estimate of drug-likeness (QED) is 0.331. The van der Waals surface area contributed by atoms with E-state index in [1.165, 1.54) is 6.26 Å². The fraction of sp³-hybridized carbons (Fsp3) is 0. The van der Waals surface area contributed by atoms with E-state index in [0.29, 0.717) is 16.9 Å². The Balaban J connectivity index is 2.30. The molecule has 4 heavy (non-hydrogen) atoms. The van der Waals surface area contributed by atoms with Crippen LogP contribution in [-0.4, -0.2) is 16.9 Å². The van der Waals surface area contributed by atoms with E-state index in [2.05, 4.69) is 10.3 Å². The average molecular weight is 119 g/mol. The van der Waals surface area contributed by atoms with Gasteiger partial charge in [-0.2, -0.15) is 0 Å². The molecule has 0 aromatic carbocycles. The van der Waals surface area contributed by atoms with Gasteiger partial charge in [-0.05, 0) is 0 Å². The van der Waals surface area contributed by atoms with Gasteiger partial charge in [0.15, 0.2) is 0 Å². The molecule has 0 aliphatic carbocycles. The minimum atomic E-state index is 0.495. The van der Waals surface area contributed by atoms with Crippen LogP contribution in [0.4, 0.5) is 0 Å². The van der Waals surface area contributed by atoms with Crippen molar-refractivity contribution in [3.63, 3.8) is 0 Å². The third-order valence-corrected chi connectivity index (χ3v) is 0.866. The first-order chi connectivity index (χ1) is 1.91. The van der Waals surface area contributed by atoms with E-state index in [0.717, 1.165) is 0 Å². The van der Waals surface area contributed by atoms with Crippen molar-refractivity contribution in [1.29, 1.82) is 0 Å². The molecule has 0 N–H and O–H groups in total. The van der Waals surface area contributed by atoms with Gasteiger partial charge < -0.3 is 0 Å². The Kier molecular flexibility index (Phi) is 3.15. The first-order valence-electron chi connectivity index (χ1n) is 1.05. The Morgan fingerprint density at radius 1 is 2.00 bits per heavy atom. The molecule has 0 saturated carbocycles. The fourth-order valence-electron chi connectivity index (χ4n) is 0. The number of hydrogen-bond acceptors (Lipinski definition) is 1. The summed E-state index contributed by atoms with van der Waals surface area (Å²) in [5, 5.41) is 0. The van der Waals surface area contributed by atoms with Crippen molar-refractivity contribution < 1.29 is 3.76 Å². The second kappa shape index (κ2) is 3.08. The van der Waals surface area contributed by atoms with Crippen molar-refractivity contribution >= 4 is 16.9 Å². The van der Waals surface area contributed by atoms with Crippen LogP contribution in [0.3, 0.4) is 0 Å². The van der Waals surface area contributed by atoms with Gasteiger partial charge in [-0.25, -0.2) is 0 Å². The third kappa shape index (κ3) is 2.08. The summed E-state index contributed by atoms with van der Waals surface area (Å²) < 4.78 is 4.49. The average Bonchev–Trinajstić information content (AvgIpc) is 1.37. The molecule has 0 bridgehead atoms. The molecule has 24 valence electrons. The van der Waals surface area contributed by atoms with Crippen LogP contribution < -0.4 is 0 Å². The summed E-state index contributed by atoms with van der Waals surface area (Å²) in [5.74, 6) is 0. The van der Waals surface area contributed by atoms with Crippen molar-refractivity contribution in [3.8, 4) is 0 Å². The van der Waals surface area contributed by atoms with Gasteiger partial charge in [0, 0.05) is 0 Å². The standard InChI is InChI=1S/C2H6GeO/c1-2-4-3/h2H,1H2,3H3. The van der Waals surface area contributed by atoms with Gasteiger partial charge in [0.25, 0.3) is 0 Å². The Labute approximate surface area is 34.2 Å². The predicted octanol–water partition coefficient (Wildman–Crippen LogP) is -0.573. The van der Waals surface area contributed by atoms with E-state index < -0.39 is 0 Å². The summed E-state index contributed by atoms with van der Waals surface area (Å²) >= 11 is 0.495. The van der Waals surface area contributed by atoms with Gasteiger partial charge in [0.05, 0.1) is 0 Å². The van der Waals surface area contributed by atoms with Crippen LogP contribution in [0, 0.1) is 0 Å². The van der Waals surface area contributed by atoms with Gasteiger partial charge in [0.1, 0.15) is 0 Å². The maximum atomic E-state index is 4.49. The van der Waals surface area contributed by atoms with Crippen LogP contribution in [0.1, 0.15) is 0 Å². The summed E-state index contributed by atoms with van der Waals surface area (Å²) in [7, 11) is 0. The van der Waals surface area contributed by atoms with Crippen molar-refractivity contribution in [1.82, 2.24) is 0 Å².